The molecule has 0 amide bonds. The van der Waals surface area contributed by atoms with Crippen LogP contribution in [0.4, 0.5) is 4.39 Å². The molecule has 1 aromatic carbocycles. The maximum absolute atomic E-state index is 13.1. The fraction of sp³-hybridized carbons (Fsp3) is 0.231. The van der Waals surface area contributed by atoms with Gasteiger partial charge in [-0.2, -0.15) is 5.10 Å². The summed E-state index contributed by atoms with van der Waals surface area (Å²) in [6.07, 6.45) is 1.60. The Hall–Kier alpha value is -2.17. The van der Waals surface area contributed by atoms with Gasteiger partial charge >= 0.3 is 5.97 Å². The average Bonchev–Trinajstić information content (AvgIpc) is 2.77. The van der Waals surface area contributed by atoms with E-state index in [0.717, 1.165) is 6.07 Å². The molecule has 0 saturated heterocycles. The fourth-order valence-corrected chi connectivity index (χ4v) is 1.86. The van der Waals surface area contributed by atoms with Gasteiger partial charge < -0.3 is 5.11 Å². The van der Waals surface area contributed by atoms with Crippen LogP contribution in [0, 0.1) is 5.82 Å². The Morgan fingerprint density at radius 3 is 2.72 bits per heavy atom. The smallest absolute Gasteiger partial charge is 0.336 e. The lowest BCUT2D eigenvalue weighted by atomic mass is 10.0. The number of nitrogens with zero attached hydrogens (tertiary/aromatic N) is 2. The molecule has 1 N–H and O–H groups in total. The number of hydrogen-bond donors (Lipinski definition) is 1. The van der Waals surface area contributed by atoms with Crippen molar-refractivity contribution in [2.45, 2.75) is 19.9 Å². The van der Waals surface area contributed by atoms with E-state index in [1.807, 2.05) is 13.8 Å². The van der Waals surface area contributed by atoms with Gasteiger partial charge in [0, 0.05) is 17.8 Å². The number of carboxylic acids is 1. The van der Waals surface area contributed by atoms with Crippen LogP contribution in [0.1, 0.15) is 30.2 Å². The summed E-state index contributed by atoms with van der Waals surface area (Å²) >= 11 is 0. The molecule has 18 heavy (non-hydrogen) atoms. The van der Waals surface area contributed by atoms with Gasteiger partial charge in [0.25, 0.3) is 0 Å². The van der Waals surface area contributed by atoms with Gasteiger partial charge in [-0.1, -0.05) is 0 Å². The molecule has 0 unspecified atom stereocenters. The van der Waals surface area contributed by atoms with Gasteiger partial charge in [-0.25, -0.2) is 9.18 Å². The normalized spacial score (nSPS) is 10.9. The van der Waals surface area contributed by atoms with Crippen LogP contribution in [0.2, 0.25) is 0 Å². The molecule has 0 saturated carbocycles. The van der Waals surface area contributed by atoms with E-state index in [1.54, 1.807) is 16.9 Å². The number of rotatable bonds is 3. The first kappa shape index (κ1) is 12.3. The maximum Gasteiger partial charge on any atom is 0.336 e. The maximum atomic E-state index is 13.1. The molecule has 0 atom stereocenters. The van der Waals surface area contributed by atoms with Crippen molar-refractivity contribution < 1.29 is 14.3 Å². The topological polar surface area (TPSA) is 55.1 Å². The molecule has 2 rings (SSSR count). The minimum absolute atomic E-state index is 0.0580. The van der Waals surface area contributed by atoms with Crippen molar-refractivity contribution in [2.75, 3.05) is 0 Å². The summed E-state index contributed by atoms with van der Waals surface area (Å²) in [6.45, 7) is 3.89. The Kier molecular flexibility index (Phi) is 3.14. The number of halogens is 1. The summed E-state index contributed by atoms with van der Waals surface area (Å²) in [4.78, 5) is 11.2. The minimum atomic E-state index is -1.15. The molecule has 94 valence electrons. The summed E-state index contributed by atoms with van der Waals surface area (Å²) in [6, 6.07) is 5.56. The number of aromatic carboxylic acids is 1. The number of carboxylic acid groups (broad SMARTS) is 1. The third-order valence-electron chi connectivity index (χ3n) is 2.65. The molecule has 0 aliphatic heterocycles. The van der Waals surface area contributed by atoms with E-state index in [9.17, 15) is 9.18 Å². The van der Waals surface area contributed by atoms with Gasteiger partial charge in [-0.05, 0) is 38.1 Å². The second-order valence-electron chi connectivity index (χ2n) is 4.25. The molecule has 0 fully saturated rings. The highest BCUT2D eigenvalue weighted by Crippen LogP contribution is 2.26. The first-order chi connectivity index (χ1) is 8.50. The number of benzene rings is 1. The van der Waals surface area contributed by atoms with Crippen LogP contribution in [0.15, 0.2) is 30.5 Å². The number of aromatic nitrogens is 2. The largest absolute Gasteiger partial charge is 0.478 e. The van der Waals surface area contributed by atoms with Gasteiger partial charge in [0.2, 0.25) is 0 Å². The third kappa shape index (κ3) is 2.11. The van der Waals surface area contributed by atoms with E-state index in [4.69, 9.17) is 5.11 Å². The standard InChI is InChI=1S/C13H13FN2O2/c1-8(2)16-12(5-6-15-16)10-4-3-9(14)7-11(10)13(17)18/h3-8H,1-2H3,(H,17,18). The highest BCUT2D eigenvalue weighted by molar-refractivity contribution is 5.95. The molecule has 0 aliphatic rings. The lowest BCUT2D eigenvalue weighted by Gasteiger charge is -2.12. The zero-order chi connectivity index (χ0) is 13.3. The number of hydrogen-bond acceptors (Lipinski definition) is 2. The van der Waals surface area contributed by atoms with E-state index < -0.39 is 11.8 Å². The van der Waals surface area contributed by atoms with Crippen LogP contribution in [0.3, 0.4) is 0 Å². The van der Waals surface area contributed by atoms with Crippen molar-refractivity contribution in [1.82, 2.24) is 9.78 Å². The van der Waals surface area contributed by atoms with Gasteiger partial charge in [0.15, 0.2) is 0 Å². The minimum Gasteiger partial charge on any atom is -0.478 e. The van der Waals surface area contributed by atoms with Gasteiger partial charge in [-0.15, -0.1) is 0 Å². The van der Waals surface area contributed by atoms with Crippen LogP contribution >= 0.6 is 0 Å². The van der Waals surface area contributed by atoms with Crippen molar-refractivity contribution in [2.24, 2.45) is 0 Å². The van der Waals surface area contributed by atoms with Crippen LogP contribution in [0.5, 0.6) is 0 Å². The monoisotopic (exact) mass is 248 g/mol. The molecular weight excluding hydrogens is 235 g/mol. The molecule has 0 radical (unpaired) electrons. The van der Waals surface area contributed by atoms with Crippen molar-refractivity contribution >= 4 is 5.97 Å². The Bertz CT molecular complexity index is 590. The predicted octanol–water partition coefficient (Wildman–Crippen LogP) is 2.97. The lowest BCUT2D eigenvalue weighted by Crippen LogP contribution is -2.07. The van der Waals surface area contributed by atoms with Gasteiger partial charge in [-0.3, -0.25) is 4.68 Å². The Balaban J connectivity index is 2.63. The van der Waals surface area contributed by atoms with E-state index >= 15 is 0 Å². The SMILES string of the molecule is CC(C)n1nccc1-c1ccc(F)cc1C(=O)O. The van der Waals surface area contributed by atoms with Crippen LogP contribution < -0.4 is 0 Å². The van der Waals surface area contributed by atoms with Crippen molar-refractivity contribution in [1.29, 1.82) is 0 Å². The summed E-state index contributed by atoms with van der Waals surface area (Å²) in [5, 5.41) is 13.3. The predicted molar refractivity (Wildman–Crippen MR) is 65.0 cm³/mol. The number of carbonyl (C=O) groups is 1. The summed E-state index contributed by atoms with van der Waals surface area (Å²) in [5.74, 6) is -1.72. The zero-order valence-corrected chi connectivity index (χ0v) is 10.1. The van der Waals surface area contributed by atoms with Crippen LogP contribution in [0.25, 0.3) is 11.3 Å². The average molecular weight is 248 g/mol. The first-order valence-corrected chi connectivity index (χ1v) is 5.57. The lowest BCUT2D eigenvalue weighted by molar-refractivity contribution is 0.0697. The highest BCUT2D eigenvalue weighted by Gasteiger charge is 2.16. The molecule has 1 heterocycles. The summed E-state index contributed by atoms with van der Waals surface area (Å²) in [5.41, 5.74) is 1.08. The Morgan fingerprint density at radius 1 is 1.39 bits per heavy atom. The third-order valence-corrected chi connectivity index (χ3v) is 2.65. The van der Waals surface area contributed by atoms with E-state index in [2.05, 4.69) is 5.10 Å². The highest BCUT2D eigenvalue weighted by atomic mass is 19.1. The van der Waals surface area contributed by atoms with Crippen molar-refractivity contribution in [3.05, 3.63) is 41.8 Å². The van der Waals surface area contributed by atoms with Crippen molar-refractivity contribution in [3.63, 3.8) is 0 Å². The Morgan fingerprint density at radius 2 is 2.11 bits per heavy atom. The fourth-order valence-electron chi connectivity index (χ4n) is 1.86. The molecule has 2 aromatic rings. The molecule has 0 aliphatic carbocycles. The van der Waals surface area contributed by atoms with Crippen LogP contribution in [-0.4, -0.2) is 20.9 Å². The summed E-state index contributed by atoms with van der Waals surface area (Å²) < 4.78 is 14.8. The quantitative estimate of drug-likeness (QED) is 0.908. The molecule has 5 heteroatoms. The second kappa shape index (κ2) is 4.60. The van der Waals surface area contributed by atoms with Gasteiger partial charge in [0.05, 0.1) is 11.3 Å². The Labute approximate surface area is 104 Å². The van der Waals surface area contributed by atoms with Crippen molar-refractivity contribution in [3.8, 4) is 11.3 Å². The molecular formula is C13H13FN2O2. The second-order valence-corrected chi connectivity index (χ2v) is 4.25. The van der Waals surface area contributed by atoms with E-state index in [-0.39, 0.29) is 11.6 Å². The summed E-state index contributed by atoms with van der Waals surface area (Å²) in [7, 11) is 0. The van der Waals surface area contributed by atoms with Gasteiger partial charge in [0.1, 0.15) is 5.82 Å². The van der Waals surface area contributed by atoms with E-state index in [0.29, 0.717) is 11.3 Å². The first-order valence-electron chi connectivity index (χ1n) is 5.57. The van der Waals surface area contributed by atoms with Crippen LogP contribution in [-0.2, 0) is 0 Å². The molecule has 0 bridgehead atoms. The molecule has 4 nitrogen and oxygen atoms in total. The molecule has 0 spiro atoms. The molecule has 1 aromatic heterocycles. The zero-order valence-electron chi connectivity index (χ0n) is 10.1. The van der Waals surface area contributed by atoms with E-state index in [1.165, 1.54) is 12.1 Å².